The highest BCUT2D eigenvalue weighted by Gasteiger charge is 2.36. The second-order valence-electron chi connectivity index (χ2n) is 4.05. The van der Waals surface area contributed by atoms with Crippen molar-refractivity contribution in [2.45, 2.75) is 24.9 Å². The normalized spacial score (nSPS) is 12.3. The van der Waals surface area contributed by atoms with Crippen LogP contribution >= 0.6 is 0 Å². The predicted molar refractivity (Wildman–Crippen MR) is 77.6 cm³/mol. The Labute approximate surface area is 119 Å². The zero-order valence-electron chi connectivity index (χ0n) is 12.8. The lowest BCUT2D eigenvalue weighted by molar-refractivity contribution is 0.107. The summed E-state index contributed by atoms with van der Waals surface area (Å²) in [6, 6.07) is 1.74. The van der Waals surface area contributed by atoms with E-state index in [0.29, 0.717) is 6.61 Å². The smallest absolute Gasteiger partial charge is 0.400 e. The van der Waals surface area contributed by atoms with Crippen molar-refractivity contribution >= 4 is 18.1 Å². The first-order valence-corrected chi connectivity index (χ1v) is 10.2. The summed E-state index contributed by atoms with van der Waals surface area (Å²) in [5.41, 5.74) is 0. The Morgan fingerprint density at radius 1 is 0.789 bits per heavy atom. The first kappa shape index (κ1) is 19.2. The van der Waals surface area contributed by atoms with Gasteiger partial charge in [-0.2, -0.15) is 0 Å². The second kappa shape index (κ2) is 12.0. The van der Waals surface area contributed by atoms with E-state index in [0.717, 1.165) is 31.5 Å². The third-order valence-corrected chi connectivity index (χ3v) is 7.72. The van der Waals surface area contributed by atoms with E-state index in [9.17, 15) is 0 Å². The molecule has 6 nitrogen and oxygen atoms in total. The lowest BCUT2D eigenvalue weighted by atomic mass is 10.5. The Hall–Kier alpha value is 0.194. The minimum atomic E-state index is -2.43. The molecule has 0 aliphatic rings. The van der Waals surface area contributed by atoms with Gasteiger partial charge in [0.15, 0.2) is 0 Å². The van der Waals surface area contributed by atoms with Crippen molar-refractivity contribution in [2.24, 2.45) is 0 Å². The molecule has 0 amide bonds. The molecule has 116 valence electrons. The molecule has 0 bridgehead atoms. The fourth-order valence-corrected chi connectivity index (χ4v) is 4.59. The molecule has 8 heteroatoms. The third-order valence-electron chi connectivity index (χ3n) is 2.96. The second-order valence-corrected chi connectivity index (χ2v) is 9.52. The zero-order valence-corrected chi connectivity index (χ0v) is 14.9. The molecule has 0 aromatic heterocycles. The van der Waals surface area contributed by atoms with Crippen molar-refractivity contribution in [1.82, 2.24) is 0 Å². The van der Waals surface area contributed by atoms with Crippen molar-refractivity contribution < 1.29 is 26.9 Å². The molecule has 0 heterocycles. The van der Waals surface area contributed by atoms with E-state index in [-0.39, 0.29) is 0 Å². The van der Waals surface area contributed by atoms with E-state index in [1.807, 2.05) is 0 Å². The lowest BCUT2D eigenvalue weighted by Gasteiger charge is -2.24. The van der Waals surface area contributed by atoms with Gasteiger partial charge in [0.05, 0.1) is 0 Å². The zero-order chi connectivity index (χ0) is 14.6. The van der Waals surface area contributed by atoms with Crippen molar-refractivity contribution in [3.8, 4) is 0 Å². The van der Waals surface area contributed by atoms with Gasteiger partial charge >= 0.3 is 18.1 Å². The summed E-state index contributed by atoms with van der Waals surface area (Å²) in [6.07, 6.45) is 1.84. The summed E-state index contributed by atoms with van der Waals surface area (Å²) in [4.78, 5) is 0. The van der Waals surface area contributed by atoms with Crippen LogP contribution in [0.5, 0.6) is 0 Å². The molecule has 0 atom stereocenters. The van der Waals surface area contributed by atoms with E-state index in [4.69, 9.17) is 26.9 Å². The van der Waals surface area contributed by atoms with Crippen LogP contribution in [0.3, 0.4) is 0 Å². The van der Waals surface area contributed by atoms with Crippen LogP contribution < -0.4 is 0 Å². The van der Waals surface area contributed by atoms with Crippen LogP contribution in [0.2, 0.25) is 12.1 Å². The summed E-state index contributed by atoms with van der Waals surface area (Å²) in [5, 5.41) is 0. The van der Waals surface area contributed by atoms with Crippen LogP contribution in [-0.4, -0.2) is 66.9 Å². The van der Waals surface area contributed by atoms with Crippen LogP contribution in [0.4, 0.5) is 0 Å². The van der Waals surface area contributed by atoms with Crippen LogP contribution in [0.1, 0.15) is 12.8 Å². The van der Waals surface area contributed by atoms with Gasteiger partial charge in [0.1, 0.15) is 0 Å². The maximum absolute atomic E-state index is 5.57. The molecule has 0 spiro atoms. The highest BCUT2D eigenvalue weighted by molar-refractivity contribution is 6.60. The summed E-state index contributed by atoms with van der Waals surface area (Å²) < 4.78 is 32.0. The monoisotopic (exact) mass is 312 g/mol. The molecule has 0 rings (SSSR count). The van der Waals surface area contributed by atoms with Crippen LogP contribution in [0.25, 0.3) is 0 Å². The van der Waals surface area contributed by atoms with Crippen molar-refractivity contribution in [2.75, 3.05) is 48.8 Å². The molecule has 0 aromatic carbocycles. The van der Waals surface area contributed by atoms with E-state index in [1.54, 1.807) is 35.5 Å². The largest absolute Gasteiger partial charge is 0.500 e. The van der Waals surface area contributed by atoms with Crippen molar-refractivity contribution in [3.05, 3.63) is 0 Å². The summed E-state index contributed by atoms with van der Waals surface area (Å²) in [6.45, 7) is 1.43. The third kappa shape index (κ3) is 8.15. The Morgan fingerprint density at radius 2 is 1.32 bits per heavy atom. The Kier molecular flexibility index (Phi) is 12.1. The molecule has 0 saturated carbocycles. The first-order valence-electron chi connectivity index (χ1n) is 6.46. The predicted octanol–water partition coefficient (Wildman–Crippen LogP) is 1.17. The SMILES string of the molecule is CO[SiH](CCCOCCC[Si](OC)(OC)OC)OC. The van der Waals surface area contributed by atoms with Crippen LogP contribution in [0.15, 0.2) is 0 Å². The standard InChI is InChI=1S/C11H28O6Si2/c1-12-18(13-2)10-6-8-17-9-7-11-19(14-3,15-4)16-5/h18H,6-11H2,1-5H3. The Morgan fingerprint density at radius 3 is 1.79 bits per heavy atom. The summed E-state index contributed by atoms with van der Waals surface area (Å²) in [5.74, 6) is 0. The lowest BCUT2D eigenvalue weighted by Crippen LogP contribution is -2.42. The van der Waals surface area contributed by atoms with Gasteiger partial charge in [0, 0.05) is 54.8 Å². The molecular formula is C11H28O6Si2. The Bertz CT molecular complexity index is 191. The minimum Gasteiger partial charge on any atom is -0.400 e. The average Bonchev–Trinajstić information content (AvgIpc) is 2.47. The summed E-state index contributed by atoms with van der Waals surface area (Å²) >= 11 is 0. The van der Waals surface area contributed by atoms with Gasteiger partial charge in [-0.3, -0.25) is 0 Å². The van der Waals surface area contributed by atoms with Gasteiger partial charge < -0.3 is 26.9 Å². The van der Waals surface area contributed by atoms with Crippen molar-refractivity contribution in [1.29, 1.82) is 0 Å². The molecule has 0 aromatic rings. The molecule has 0 radical (unpaired) electrons. The number of rotatable bonds is 13. The average molecular weight is 313 g/mol. The van der Waals surface area contributed by atoms with Gasteiger partial charge in [0.25, 0.3) is 0 Å². The number of hydrogen-bond acceptors (Lipinski definition) is 6. The maximum Gasteiger partial charge on any atom is 0.500 e. The quantitative estimate of drug-likeness (QED) is 0.376. The first-order chi connectivity index (χ1) is 9.17. The van der Waals surface area contributed by atoms with E-state index >= 15 is 0 Å². The molecule has 0 aliphatic heterocycles. The molecule has 0 fully saturated rings. The molecule has 0 saturated heterocycles. The van der Waals surface area contributed by atoms with E-state index < -0.39 is 18.1 Å². The fraction of sp³-hybridized carbons (Fsp3) is 1.00. The maximum atomic E-state index is 5.57. The van der Waals surface area contributed by atoms with E-state index in [1.165, 1.54) is 0 Å². The molecule has 0 unspecified atom stereocenters. The molecule has 0 aliphatic carbocycles. The van der Waals surface area contributed by atoms with Gasteiger partial charge in [0.2, 0.25) is 0 Å². The van der Waals surface area contributed by atoms with Gasteiger partial charge in [-0.1, -0.05) is 0 Å². The van der Waals surface area contributed by atoms with Crippen LogP contribution in [0, 0.1) is 0 Å². The summed E-state index contributed by atoms with van der Waals surface area (Å²) in [7, 11) is 4.42. The van der Waals surface area contributed by atoms with Gasteiger partial charge in [-0.05, 0) is 18.9 Å². The Balaban J connectivity index is 3.54. The fourth-order valence-electron chi connectivity index (χ4n) is 1.73. The minimum absolute atomic E-state index is 0.691. The molecular weight excluding hydrogens is 284 g/mol. The highest BCUT2D eigenvalue weighted by atomic mass is 28.4. The molecule has 0 N–H and O–H groups in total. The number of ether oxygens (including phenoxy) is 1. The van der Waals surface area contributed by atoms with Gasteiger partial charge in [-0.25, -0.2) is 0 Å². The number of hydrogen-bond donors (Lipinski definition) is 0. The van der Waals surface area contributed by atoms with Gasteiger partial charge in [-0.15, -0.1) is 0 Å². The topological polar surface area (TPSA) is 55.4 Å². The molecule has 19 heavy (non-hydrogen) atoms. The van der Waals surface area contributed by atoms with Crippen LogP contribution in [-0.2, 0) is 26.9 Å². The van der Waals surface area contributed by atoms with E-state index in [2.05, 4.69) is 0 Å². The highest BCUT2D eigenvalue weighted by Crippen LogP contribution is 2.14. The van der Waals surface area contributed by atoms with Crippen molar-refractivity contribution in [3.63, 3.8) is 0 Å².